The largest absolute Gasteiger partial charge is 0.352 e. The molecule has 1 aliphatic rings. The SMILES string of the molecule is O=C(NCCC(=O)N(Cc1ccccc1F)C1CC1)c1ccc(Cl)cc1. The van der Waals surface area contributed by atoms with Crippen molar-refractivity contribution in [2.24, 2.45) is 0 Å². The maximum absolute atomic E-state index is 13.9. The van der Waals surface area contributed by atoms with E-state index in [4.69, 9.17) is 11.6 Å². The molecule has 1 aliphatic carbocycles. The molecule has 136 valence electrons. The highest BCUT2D eigenvalue weighted by Gasteiger charge is 2.32. The van der Waals surface area contributed by atoms with E-state index in [1.807, 2.05) is 0 Å². The van der Waals surface area contributed by atoms with Crippen molar-refractivity contribution in [2.75, 3.05) is 6.54 Å². The van der Waals surface area contributed by atoms with Gasteiger partial charge < -0.3 is 10.2 Å². The minimum absolute atomic E-state index is 0.0767. The van der Waals surface area contributed by atoms with Gasteiger partial charge in [0, 0.05) is 41.7 Å². The van der Waals surface area contributed by atoms with Gasteiger partial charge in [-0.15, -0.1) is 0 Å². The Kier molecular flexibility index (Phi) is 5.89. The van der Waals surface area contributed by atoms with Crippen LogP contribution >= 0.6 is 11.6 Å². The van der Waals surface area contributed by atoms with Crippen LogP contribution in [0.15, 0.2) is 48.5 Å². The Morgan fingerprint density at radius 3 is 2.46 bits per heavy atom. The first-order chi connectivity index (χ1) is 12.5. The van der Waals surface area contributed by atoms with Gasteiger partial charge >= 0.3 is 0 Å². The van der Waals surface area contributed by atoms with Gasteiger partial charge in [-0.1, -0.05) is 29.8 Å². The number of nitrogens with zero attached hydrogens (tertiary/aromatic N) is 1. The van der Waals surface area contributed by atoms with Gasteiger partial charge in [0.2, 0.25) is 5.91 Å². The molecule has 4 nitrogen and oxygen atoms in total. The van der Waals surface area contributed by atoms with Gasteiger partial charge in [0.25, 0.3) is 5.91 Å². The van der Waals surface area contributed by atoms with E-state index in [9.17, 15) is 14.0 Å². The van der Waals surface area contributed by atoms with E-state index in [0.717, 1.165) is 12.8 Å². The number of benzene rings is 2. The topological polar surface area (TPSA) is 49.4 Å². The number of hydrogen-bond donors (Lipinski definition) is 1. The van der Waals surface area contributed by atoms with Crippen molar-refractivity contribution in [3.63, 3.8) is 0 Å². The Hall–Kier alpha value is -2.40. The molecule has 6 heteroatoms. The summed E-state index contributed by atoms with van der Waals surface area (Å²) in [6, 6.07) is 13.2. The number of carbonyl (C=O) groups excluding carboxylic acids is 2. The molecule has 2 amide bonds. The van der Waals surface area contributed by atoms with E-state index in [-0.39, 0.29) is 43.2 Å². The molecule has 0 spiro atoms. The van der Waals surface area contributed by atoms with Crippen LogP contribution < -0.4 is 5.32 Å². The molecule has 0 unspecified atom stereocenters. The van der Waals surface area contributed by atoms with Crippen molar-refractivity contribution in [3.05, 3.63) is 70.5 Å². The number of carbonyl (C=O) groups is 2. The molecule has 2 aromatic carbocycles. The van der Waals surface area contributed by atoms with Crippen LogP contribution in [0.3, 0.4) is 0 Å². The summed E-state index contributed by atoms with van der Waals surface area (Å²) in [6.45, 7) is 0.502. The van der Waals surface area contributed by atoms with E-state index >= 15 is 0 Å². The third kappa shape index (κ3) is 4.82. The molecule has 0 atom stereocenters. The summed E-state index contributed by atoms with van der Waals surface area (Å²) in [5.41, 5.74) is 1.00. The van der Waals surface area contributed by atoms with Gasteiger partial charge in [0.15, 0.2) is 0 Å². The Bertz CT molecular complexity index is 791. The van der Waals surface area contributed by atoms with Gasteiger partial charge in [-0.3, -0.25) is 9.59 Å². The molecule has 26 heavy (non-hydrogen) atoms. The standard InChI is InChI=1S/C20H20ClFN2O2/c21-16-7-5-14(6-8-16)20(26)23-12-11-19(25)24(17-9-10-17)13-15-3-1-2-4-18(15)22/h1-8,17H,9-13H2,(H,23,26). The zero-order valence-corrected chi connectivity index (χ0v) is 15.0. The first kappa shape index (κ1) is 18.4. The predicted octanol–water partition coefficient (Wildman–Crippen LogP) is 3.79. The third-order valence-corrected chi connectivity index (χ3v) is 4.59. The molecule has 0 heterocycles. The van der Waals surface area contributed by atoms with Gasteiger partial charge in [-0.05, 0) is 43.2 Å². The first-order valence-corrected chi connectivity index (χ1v) is 8.99. The summed E-state index contributed by atoms with van der Waals surface area (Å²) in [6.07, 6.45) is 2.07. The fraction of sp³-hybridized carbons (Fsp3) is 0.300. The van der Waals surface area contributed by atoms with E-state index in [2.05, 4.69) is 5.32 Å². The summed E-state index contributed by atoms with van der Waals surface area (Å²) < 4.78 is 13.9. The number of halogens is 2. The number of amides is 2. The van der Waals surface area contributed by atoms with Crippen LogP contribution in [0, 0.1) is 5.82 Å². The second kappa shape index (κ2) is 8.32. The van der Waals surface area contributed by atoms with Crippen LogP contribution in [0.25, 0.3) is 0 Å². The molecule has 1 N–H and O–H groups in total. The zero-order valence-electron chi connectivity index (χ0n) is 14.3. The minimum atomic E-state index is -0.304. The molecule has 0 aromatic heterocycles. The smallest absolute Gasteiger partial charge is 0.251 e. The quantitative estimate of drug-likeness (QED) is 0.801. The Morgan fingerprint density at radius 1 is 1.12 bits per heavy atom. The first-order valence-electron chi connectivity index (χ1n) is 8.61. The second-order valence-electron chi connectivity index (χ2n) is 6.36. The fourth-order valence-electron chi connectivity index (χ4n) is 2.75. The Morgan fingerprint density at radius 2 is 1.81 bits per heavy atom. The molecular formula is C20H20ClFN2O2. The average molecular weight is 375 g/mol. The number of rotatable bonds is 7. The molecule has 1 fully saturated rings. The molecule has 0 aliphatic heterocycles. The van der Waals surface area contributed by atoms with E-state index in [1.54, 1.807) is 47.4 Å². The van der Waals surface area contributed by atoms with Gasteiger partial charge in [0.05, 0.1) is 0 Å². The maximum atomic E-state index is 13.9. The molecule has 1 saturated carbocycles. The lowest BCUT2D eigenvalue weighted by atomic mass is 10.2. The normalized spacial score (nSPS) is 13.3. The van der Waals surface area contributed by atoms with Crippen molar-refractivity contribution >= 4 is 23.4 Å². The van der Waals surface area contributed by atoms with E-state index in [1.165, 1.54) is 6.07 Å². The van der Waals surface area contributed by atoms with Crippen molar-refractivity contribution in [2.45, 2.75) is 31.8 Å². The van der Waals surface area contributed by atoms with E-state index < -0.39 is 0 Å². The molecule has 2 aromatic rings. The van der Waals surface area contributed by atoms with Crippen LogP contribution in [0.4, 0.5) is 4.39 Å². The van der Waals surface area contributed by atoms with Gasteiger partial charge in [-0.2, -0.15) is 0 Å². The van der Waals surface area contributed by atoms with Crippen LogP contribution in [-0.2, 0) is 11.3 Å². The molecular weight excluding hydrogens is 355 g/mol. The predicted molar refractivity (Wildman–Crippen MR) is 98.4 cm³/mol. The highest BCUT2D eigenvalue weighted by Crippen LogP contribution is 2.29. The molecule has 0 radical (unpaired) electrons. The highest BCUT2D eigenvalue weighted by molar-refractivity contribution is 6.30. The lowest BCUT2D eigenvalue weighted by Gasteiger charge is -2.23. The van der Waals surface area contributed by atoms with Crippen molar-refractivity contribution < 1.29 is 14.0 Å². The lowest BCUT2D eigenvalue weighted by molar-refractivity contribution is -0.132. The van der Waals surface area contributed by atoms with E-state index in [0.29, 0.717) is 16.1 Å². The van der Waals surface area contributed by atoms with Crippen LogP contribution in [-0.4, -0.2) is 29.3 Å². The minimum Gasteiger partial charge on any atom is -0.352 e. The van der Waals surface area contributed by atoms with Crippen LogP contribution in [0.2, 0.25) is 5.02 Å². The maximum Gasteiger partial charge on any atom is 0.251 e. The lowest BCUT2D eigenvalue weighted by Crippen LogP contribution is -2.36. The molecule has 3 rings (SSSR count). The summed E-state index contributed by atoms with van der Waals surface area (Å²) in [5, 5.41) is 3.30. The summed E-state index contributed by atoms with van der Waals surface area (Å²) >= 11 is 5.80. The van der Waals surface area contributed by atoms with Crippen LogP contribution in [0.5, 0.6) is 0 Å². The number of hydrogen-bond acceptors (Lipinski definition) is 2. The fourth-order valence-corrected chi connectivity index (χ4v) is 2.87. The summed E-state index contributed by atoms with van der Waals surface area (Å²) in [4.78, 5) is 26.3. The monoisotopic (exact) mass is 374 g/mol. The zero-order chi connectivity index (χ0) is 18.5. The number of nitrogens with one attached hydrogen (secondary N) is 1. The van der Waals surface area contributed by atoms with Gasteiger partial charge in [0.1, 0.15) is 5.82 Å². The van der Waals surface area contributed by atoms with Crippen LogP contribution in [0.1, 0.15) is 35.2 Å². The van der Waals surface area contributed by atoms with Gasteiger partial charge in [-0.25, -0.2) is 4.39 Å². The Balaban J connectivity index is 1.53. The molecule has 0 saturated heterocycles. The van der Waals surface area contributed by atoms with Crippen molar-refractivity contribution in [1.29, 1.82) is 0 Å². The highest BCUT2D eigenvalue weighted by atomic mass is 35.5. The second-order valence-corrected chi connectivity index (χ2v) is 6.79. The Labute approximate surface area is 157 Å². The molecule has 0 bridgehead atoms. The average Bonchev–Trinajstić information content (AvgIpc) is 3.46. The summed E-state index contributed by atoms with van der Waals surface area (Å²) in [5.74, 6) is -0.629. The van der Waals surface area contributed by atoms with Crippen molar-refractivity contribution in [1.82, 2.24) is 10.2 Å². The summed E-state index contributed by atoms with van der Waals surface area (Å²) in [7, 11) is 0. The third-order valence-electron chi connectivity index (χ3n) is 4.34. The van der Waals surface area contributed by atoms with Crippen molar-refractivity contribution in [3.8, 4) is 0 Å².